The van der Waals surface area contributed by atoms with Crippen molar-refractivity contribution >= 4 is 15.7 Å². The molecule has 0 radical (unpaired) electrons. The highest BCUT2D eigenvalue weighted by Crippen LogP contribution is 2.34. The van der Waals surface area contributed by atoms with E-state index >= 15 is 0 Å². The molecule has 1 aliphatic heterocycles. The molecule has 21 heavy (non-hydrogen) atoms. The lowest BCUT2D eigenvalue weighted by molar-refractivity contribution is 0.512. The third-order valence-corrected chi connectivity index (χ3v) is 5.83. The van der Waals surface area contributed by atoms with Gasteiger partial charge in [-0.1, -0.05) is 38.5 Å². The van der Waals surface area contributed by atoms with Gasteiger partial charge < -0.3 is 5.32 Å². The predicted octanol–water partition coefficient (Wildman–Crippen LogP) is 3.07. The van der Waals surface area contributed by atoms with E-state index in [0.717, 1.165) is 43.5 Å². The second-order valence-corrected chi connectivity index (χ2v) is 7.57. The Kier molecular flexibility index (Phi) is 5.65. The minimum atomic E-state index is -3.22. The summed E-state index contributed by atoms with van der Waals surface area (Å²) in [5.74, 6) is 0.240. The first-order valence-electron chi connectivity index (χ1n) is 7.93. The predicted molar refractivity (Wildman–Crippen MR) is 88.1 cm³/mol. The number of fused-ring (bicyclic) bond motifs is 1. The average Bonchev–Trinajstić information content (AvgIpc) is 2.66. The average molecular weight is 310 g/mol. The number of hydrogen-bond acceptors (Lipinski definition) is 3. The first kappa shape index (κ1) is 16.3. The van der Waals surface area contributed by atoms with Gasteiger partial charge in [-0.3, -0.25) is 4.31 Å². The lowest BCUT2D eigenvalue weighted by Crippen LogP contribution is -2.34. The summed E-state index contributed by atoms with van der Waals surface area (Å²) in [7, 11) is -3.22. The van der Waals surface area contributed by atoms with Crippen LogP contribution in [0.1, 0.15) is 51.1 Å². The summed E-state index contributed by atoms with van der Waals surface area (Å²) in [6.07, 6.45) is 3.48. The summed E-state index contributed by atoms with van der Waals surface area (Å²) in [6, 6.07) is 8.16. The molecule has 1 atom stereocenters. The lowest BCUT2D eigenvalue weighted by atomic mass is 10.0. The van der Waals surface area contributed by atoms with Crippen molar-refractivity contribution in [3.05, 3.63) is 29.8 Å². The van der Waals surface area contributed by atoms with Crippen LogP contribution in [-0.4, -0.2) is 27.3 Å². The van der Waals surface area contributed by atoms with Crippen molar-refractivity contribution < 1.29 is 8.42 Å². The fourth-order valence-electron chi connectivity index (χ4n) is 2.91. The molecule has 118 valence electrons. The van der Waals surface area contributed by atoms with E-state index in [0.29, 0.717) is 6.54 Å². The summed E-state index contributed by atoms with van der Waals surface area (Å²) in [4.78, 5) is 0. The first-order valence-corrected chi connectivity index (χ1v) is 9.53. The zero-order valence-corrected chi connectivity index (χ0v) is 13.8. The smallest absolute Gasteiger partial charge is 0.235 e. The SMILES string of the molecule is CCCCS(=O)(=O)N1CCCC(NCC)c2ccccc21. The molecule has 1 aliphatic rings. The molecular weight excluding hydrogens is 284 g/mol. The van der Waals surface area contributed by atoms with E-state index in [1.165, 1.54) is 0 Å². The van der Waals surface area contributed by atoms with Crippen LogP contribution in [0.25, 0.3) is 0 Å². The van der Waals surface area contributed by atoms with E-state index in [2.05, 4.69) is 18.3 Å². The molecule has 1 N–H and O–H groups in total. The van der Waals surface area contributed by atoms with Gasteiger partial charge in [0.15, 0.2) is 0 Å². The van der Waals surface area contributed by atoms with Crippen molar-refractivity contribution in [2.75, 3.05) is 23.1 Å². The molecule has 1 heterocycles. The monoisotopic (exact) mass is 310 g/mol. The number of nitrogens with zero attached hydrogens (tertiary/aromatic N) is 1. The number of para-hydroxylation sites is 1. The van der Waals surface area contributed by atoms with Gasteiger partial charge in [-0.15, -0.1) is 0 Å². The molecule has 5 heteroatoms. The number of sulfonamides is 1. The van der Waals surface area contributed by atoms with Gasteiger partial charge in [-0.05, 0) is 37.4 Å². The Morgan fingerprint density at radius 1 is 1.29 bits per heavy atom. The molecular formula is C16H26N2O2S. The van der Waals surface area contributed by atoms with Crippen LogP contribution in [0.2, 0.25) is 0 Å². The van der Waals surface area contributed by atoms with Gasteiger partial charge in [0.25, 0.3) is 0 Å². The highest BCUT2D eigenvalue weighted by atomic mass is 32.2. The number of unbranched alkanes of at least 4 members (excludes halogenated alkanes) is 1. The molecule has 0 saturated heterocycles. The number of anilines is 1. The van der Waals surface area contributed by atoms with E-state index < -0.39 is 10.0 Å². The van der Waals surface area contributed by atoms with E-state index in [1.807, 2.05) is 25.1 Å². The van der Waals surface area contributed by atoms with Crippen LogP contribution in [0, 0.1) is 0 Å². The van der Waals surface area contributed by atoms with E-state index in [-0.39, 0.29) is 11.8 Å². The Morgan fingerprint density at radius 2 is 2.05 bits per heavy atom. The third-order valence-electron chi connectivity index (χ3n) is 3.98. The quantitative estimate of drug-likeness (QED) is 0.878. The largest absolute Gasteiger partial charge is 0.310 e. The van der Waals surface area contributed by atoms with Crippen molar-refractivity contribution in [2.24, 2.45) is 0 Å². The van der Waals surface area contributed by atoms with Crippen LogP contribution >= 0.6 is 0 Å². The summed E-state index contributed by atoms with van der Waals surface area (Å²) in [5.41, 5.74) is 1.97. The molecule has 1 aromatic rings. The highest BCUT2D eigenvalue weighted by molar-refractivity contribution is 7.92. The molecule has 2 rings (SSSR count). The maximum absolute atomic E-state index is 12.6. The Bertz CT molecular complexity index is 557. The maximum atomic E-state index is 12.6. The van der Waals surface area contributed by atoms with Gasteiger partial charge in [-0.2, -0.15) is 0 Å². The molecule has 4 nitrogen and oxygen atoms in total. The minimum absolute atomic E-state index is 0.240. The van der Waals surface area contributed by atoms with Crippen LogP contribution < -0.4 is 9.62 Å². The van der Waals surface area contributed by atoms with Gasteiger partial charge in [-0.25, -0.2) is 8.42 Å². The first-order chi connectivity index (χ1) is 10.1. The van der Waals surface area contributed by atoms with Crippen molar-refractivity contribution in [2.45, 2.75) is 45.6 Å². The van der Waals surface area contributed by atoms with Gasteiger partial charge in [0.2, 0.25) is 10.0 Å². The molecule has 0 fully saturated rings. The van der Waals surface area contributed by atoms with Gasteiger partial charge >= 0.3 is 0 Å². The van der Waals surface area contributed by atoms with Gasteiger partial charge in [0.1, 0.15) is 0 Å². The second kappa shape index (κ2) is 7.27. The van der Waals surface area contributed by atoms with Gasteiger partial charge in [0.05, 0.1) is 11.4 Å². The summed E-state index contributed by atoms with van der Waals surface area (Å²) < 4.78 is 26.9. The fourth-order valence-corrected chi connectivity index (χ4v) is 4.66. The van der Waals surface area contributed by atoms with Crippen LogP contribution in [0.15, 0.2) is 24.3 Å². The lowest BCUT2D eigenvalue weighted by Gasteiger charge is -2.25. The van der Waals surface area contributed by atoms with Crippen molar-refractivity contribution in [1.29, 1.82) is 0 Å². The van der Waals surface area contributed by atoms with Crippen LogP contribution in [0.4, 0.5) is 5.69 Å². The summed E-state index contributed by atoms with van der Waals surface area (Å²) in [6.45, 7) is 5.59. The zero-order valence-electron chi connectivity index (χ0n) is 13.0. The Morgan fingerprint density at radius 3 is 2.76 bits per heavy atom. The van der Waals surface area contributed by atoms with Crippen molar-refractivity contribution in [1.82, 2.24) is 5.32 Å². The molecule has 0 saturated carbocycles. The Hall–Kier alpha value is -1.07. The molecule has 0 spiro atoms. The number of nitrogens with one attached hydrogen (secondary N) is 1. The highest BCUT2D eigenvalue weighted by Gasteiger charge is 2.28. The Balaban J connectivity index is 2.37. The second-order valence-electron chi connectivity index (χ2n) is 5.55. The standard InChI is InChI=1S/C16H26N2O2S/c1-3-5-13-21(19,20)18-12-8-10-15(17-4-2)14-9-6-7-11-16(14)18/h6-7,9,11,15,17H,3-5,8,10,12-13H2,1-2H3. The minimum Gasteiger partial charge on any atom is -0.310 e. The fraction of sp³-hybridized carbons (Fsp3) is 0.625. The van der Waals surface area contributed by atoms with Crippen LogP contribution in [0.3, 0.4) is 0 Å². The number of benzene rings is 1. The summed E-state index contributed by atoms with van der Waals surface area (Å²) >= 11 is 0. The molecule has 1 aromatic carbocycles. The topological polar surface area (TPSA) is 49.4 Å². The molecule has 0 aromatic heterocycles. The maximum Gasteiger partial charge on any atom is 0.235 e. The van der Waals surface area contributed by atoms with Crippen molar-refractivity contribution in [3.8, 4) is 0 Å². The van der Waals surface area contributed by atoms with Crippen molar-refractivity contribution in [3.63, 3.8) is 0 Å². The number of hydrogen-bond donors (Lipinski definition) is 1. The molecule has 0 amide bonds. The van der Waals surface area contributed by atoms with Gasteiger partial charge in [0, 0.05) is 12.6 Å². The van der Waals surface area contributed by atoms with E-state index in [4.69, 9.17) is 0 Å². The third kappa shape index (κ3) is 3.77. The Labute approximate surface area is 128 Å². The number of rotatable bonds is 6. The molecule has 0 bridgehead atoms. The van der Waals surface area contributed by atoms with E-state index in [9.17, 15) is 8.42 Å². The summed E-state index contributed by atoms with van der Waals surface area (Å²) in [5, 5.41) is 3.47. The molecule has 0 aliphatic carbocycles. The van der Waals surface area contributed by atoms with Crippen LogP contribution in [0.5, 0.6) is 0 Å². The normalized spacial score (nSPS) is 19.1. The zero-order chi connectivity index (χ0) is 15.3. The van der Waals surface area contributed by atoms with E-state index in [1.54, 1.807) is 4.31 Å². The van der Waals surface area contributed by atoms with Crippen LogP contribution in [-0.2, 0) is 10.0 Å². The molecule has 1 unspecified atom stereocenters.